The molecule has 0 saturated carbocycles. The van der Waals surface area contributed by atoms with Crippen LogP contribution >= 0.6 is 0 Å². The van der Waals surface area contributed by atoms with Crippen molar-refractivity contribution < 1.29 is 4.74 Å². The maximum absolute atomic E-state index is 5.46. The summed E-state index contributed by atoms with van der Waals surface area (Å²) in [5, 5.41) is 3.65. The highest BCUT2D eigenvalue weighted by Crippen LogP contribution is 2.29. The summed E-state index contributed by atoms with van der Waals surface area (Å²) in [6, 6.07) is 19.8. The van der Waals surface area contributed by atoms with E-state index in [2.05, 4.69) is 87.8 Å². The van der Waals surface area contributed by atoms with E-state index in [0.717, 1.165) is 51.6 Å². The van der Waals surface area contributed by atoms with Gasteiger partial charge in [-0.05, 0) is 36.2 Å². The number of fused-ring (bicyclic) bond motifs is 1. The van der Waals surface area contributed by atoms with Crippen LogP contribution in [0.25, 0.3) is 5.70 Å². The average molecular weight is 415 g/mol. The molecule has 3 heterocycles. The Hall–Kier alpha value is -3.02. The van der Waals surface area contributed by atoms with Gasteiger partial charge in [0.1, 0.15) is 0 Å². The molecule has 0 atom stereocenters. The molecule has 2 aliphatic heterocycles. The molecule has 5 nitrogen and oxygen atoms in total. The van der Waals surface area contributed by atoms with Crippen molar-refractivity contribution in [2.75, 3.05) is 31.2 Å². The smallest absolute Gasteiger partial charge is 0.0634 e. The van der Waals surface area contributed by atoms with E-state index >= 15 is 0 Å². The van der Waals surface area contributed by atoms with Gasteiger partial charge >= 0.3 is 0 Å². The minimum Gasteiger partial charge on any atom is -0.379 e. The molecule has 5 heteroatoms. The average Bonchev–Trinajstić information content (AvgIpc) is 3.28. The summed E-state index contributed by atoms with van der Waals surface area (Å²) in [6.07, 6.45) is 4.27. The lowest BCUT2D eigenvalue weighted by atomic mass is 10.1. The maximum atomic E-state index is 5.46. The second-order valence-electron chi connectivity index (χ2n) is 8.44. The van der Waals surface area contributed by atoms with Gasteiger partial charge in [-0.3, -0.25) is 4.90 Å². The number of benzene rings is 2. The molecule has 1 saturated heterocycles. The Bertz CT molecular complexity index is 1050. The number of H-pyrrole nitrogens is 1. The van der Waals surface area contributed by atoms with Gasteiger partial charge in [0.25, 0.3) is 0 Å². The van der Waals surface area contributed by atoms with Gasteiger partial charge in [-0.2, -0.15) is 0 Å². The highest BCUT2D eigenvalue weighted by molar-refractivity contribution is 5.72. The summed E-state index contributed by atoms with van der Waals surface area (Å²) >= 11 is 0. The topological polar surface area (TPSA) is 43.5 Å². The molecule has 5 rings (SSSR count). The third-order valence-corrected chi connectivity index (χ3v) is 6.08. The van der Waals surface area contributed by atoms with Gasteiger partial charge in [0.15, 0.2) is 0 Å². The minimum atomic E-state index is 0.810. The van der Waals surface area contributed by atoms with Gasteiger partial charge in [0.2, 0.25) is 0 Å². The van der Waals surface area contributed by atoms with Crippen LogP contribution in [-0.4, -0.2) is 36.2 Å². The summed E-state index contributed by atoms with van der Waals surface area (Å²) in [5.74, 6) is 0. The quantitative estimate of drug-likeness (QED) is 0.632. The summed E-state index contributed by atoms with van der Waals surface area (Å²) in [5.41, 5.74) is 8.80. The molecule has 0 amide bonds. The van der Waals surface area contributed by atoms with Crippen molar-refractivity contribution in [3.63, 3.8) is 0 Å². The molecule has 2 aliphatic rings. The SMILES string of the molecule is Cc1cccc(CNC2=CN(c3ccc(CN4CCOCC4)cc3)Cc3[nH]ccc32)c1. The molecule has 31 heavy (non-hydrogen) atoms. The van der Waals surface area contributed by atoms with E-state index in [1.807, 2.05) is 6.20 Å². The van der Waals surface area contributed by atoms with E-state index in [1.165, 1.54) is 33.6 Å². The summed E-state index contributed by atoms with van der Waals surface area (Å²) < 4.78 is 5.46. The van der Waals surface area contributed by atoms with Crippen LogP contribution in [0.2, 0.25) is 0 Å². The molecule has 0 radical (unpaired) electrons. The van der Waals surface area contributed by atoms with E-state index < -0.39 is 0 Å². The van der Waals surface area contributed by atoms with Crippen molar-refractivity contribution >= 4 is 11.4 Å². The molecule has 3 aromatic rings. The van der Waals surface area contributed by atoms with Crippen molar-refractivity contribution in [3.05, 3.63) is 94.9 Å². The molecule has 1 fully saturated rings. The van der Waals surface area contributed by atoms with Gasteiger partial charge in [0.05, 0.1) is 25.5 Å². The fraction of sp³-hybridized carbons (Fsp3) is 0.308. The highest BCUT2D eigenvalue weighted by atomic mass is 16.5. The number of nitrogens with one attached hydrogen (secondary N) is 2. The lowest BCUT2D eigenvalue weighted by Gasteiger charge is -2.29. The van der Waals surface area contributed by atoms with Crippen LogP contribution in [0, 0.1) is 6.92 Å². The number of ether oxygens (including phenoxy) is 1. The number of aromatic amines is 1. The Labute approximate surface area is 184 Å². The molecule has 1 aromatic heterocycles. The first-order valence-electron chi connectivity index (χ1n) is 11.1. The normalized spacial score (nSPS) is 16.7. The Morgan fingerprint density at radius 3 is 2.65 bits per heavy atom. The Balaban J connectivity index is 1.31. The lowest BCUT2D eigenvalue weighted by molar-refractivity contribution is 0.0342. The molecule has 160 valence electrons. The highest BCUT2D eigenvalue weighted by Gasteiger charge is 2.19. The monoisotopic (exact) mass is 414 g/mol. The number of anilines is 1. The van der Waals surface area contributed by atoms with Crippen molar-refractivity contribution in [2.24, 2.45) is 0 Å². The number of morpholine rings is 1. The van der Waals surface area contributed by atoms with Crippen molar-refractivity contribution in [3.8, 4) is 0 Å². The zero-order chi connectivity index (χ0) is 21.0. The number of rotatable bonds is 6. The summed E-state index contributed by atoms with van der Waals surface area (Å²) in [6.45, 7) is 8.50. The van der Waals surface area contributed by atoms with E-state index in [-0.39, 0.29) is 0 Å². The maximum Gasteiger partial charge on any atom is 0.0634 e. The van der Waals surface area contributed by atoms with Crippen molar-refractivity contribution in [2.45, 2.75) is 26.6 Å². The lowest BCUT2D eigenvalue weighted by Crippen LogP contribution is -2.35. The predicted molar refractivity (Wildman–Crippen MR) is 126 cm³/mol. The van der Waals surface area contributed by atoms with Crippen molar-refractivity contribution in [1.82, 2.24) is 15.2 Å². The van der Waals surface area contributed by atoms with Crippen LogP contribution in [0.3, 0.4) is 0 Å². The van der Waals surface area contributed by atoms with Crippen LogP contribution in [0.4, 0.5) is 5.69 Å². The van der Waals surface area contributed by atoms with Gasteiger partial charge < -0.3 is 19.9 Å². The summed E-state index contributed by atoms with van der Waals surface area (Å²) in [7, 11) is 0. The van der Waals surface area contributed by atoms with Crippen LogP contribution in [0.5, 0.6) is 0 Å². The van der Waals surface area contributed by atoms with E-state index in [1.54, 1.807) is 0 Å². The standard InChI is InChI=1S/C26H30N4O/c1-20-3-2-4-22(15-20)16-28-26-19-30(18-25-24(26)9-10-27-25)23-7-5-21(6-8-23)17-29-11-13-31-14-12-29/h2-10,15,19,27-28H,11-14,16-18H2,1H3. The van der Waals surface area contributed by atoms with Gasteiger partial charge in [-0.25, -0.2) is 0 Å². The van der Waals surface area contributed by atoms with E-state index in [4.69, 9.17) is 4.74 Å². The molecule has 0 bridgehead atoms. The largest absolute Gasteiger partial charge is 0.379 e. The number of aromatic nitrogens is 1. The molecule has 0 spiro atoms. The van der Waals surface area contributed by atoms with E-state index in [0.29, 0.717) is 0 Å². The number of nitrogens with zero attached hydrogens (tertiary/aromatic N) is 2. The molecule has 2 N–H and O–H groups in total. The number of aryl methyl sites for hydroxylation is 1. The minimum absolute atomic E-state index is 0.810. The Kier molecular flexibility index (Phi) is 5.78. The molecular formula is C26H30N4O. The second-order valence-corrected chi connectivity index (χ2v) is 8.44. The molecule has 2 aromatic carbocycles. The second kappa shape index (κ2) is 9.00. The van der Waals surface area contributed by atoms with Crippen LogP contribution in [-0.2, 0) is 24.4 Å². The number of hydrogen-bond donors (Lipinski definition) is 2. The fourth-order valence-corrected chi connectivity index (χ4v) is 4.36. The van der Waals surface area contributed by atoms with Gasteiger partial charge in [0, 0.05) is 55.5 Å². The number of hydrogen-bond acceptors (Lipinski definition) is 4. The van der Waals surface area contributed by atoms with Gasteiger partial charge in [-0.15, -0.1) is 0 Å². The fourth-order valence-electron chi connectivity index (χ4n) is 4.36. The first kappa shape index (κ1) is 19.9. The van der Waals surface area contributed by atoms with Gasteiger partial charge in [-0.1, -0.05) is 42.0 Å². The first-order chi connectivity index (χ1) is 15.2. The summed E-state index contributed by atoms with van der Waals surface area (Å²) in [4.78, 5) is 8.19. The predicted octanol–water partition coefficient (Wildman–Crippen LogP) is 4.26. The Morgan fingerprint density at radius 2 is 1.84 bits per heavy atom. The third kappa shape index (κ3) is 4.68. The molecular weight excluding hydrogens is 384 g/mol. The molecule has 0 aliphatic carbocycles. The first-order valence-corrected chi connectivity index (χ1v) is 11.1. The molecule has 0 unspecified atom stereocenters. The zero-order valence-electron chi connectivity index (χ0n) is 18.1. The van der Waals surface area contributed by atoms with Crippen LogP contribution in [0.1, 0.15) is 27.9 Å². The zero-order valence-corrected chi connectivity index (χ0v) is 18.1. The van der Waals surface area contributed by atoms with Crippen molar-refractivity contribution in [1.29, 1.82) is 0 Å². The van der Waals surface area contributed by atoms with Crippen LogP contribution in [0.15, 0.2) is 67.0 Å². The third-order valence-electron chi connectivity index (χ3n) is 6.08. The Morgan fingerprint density at radius 1 is 1.00 bits per heavy atom. The van der Waals surface area contributed by atoms with E-state index in [9.17, 15) is 0 Å². The van der Waals surface area contributed by atoms with Crippen LogP contribution < -0.4 is 10.2 Å².